The van der Waals surface area contributed by atoms with Gasteiger partial charge in [-0.3, -0.25) is 14.4 Å². The van der Waals surface area contributed by atoms with Crippen LogP contribution in [0.1, 0.15) is 66.7 Å². The van der Waals surface area contributed by atoms with Crippen molar-refractivity contribution in [2.45, 2.75) is 84.4 Å². The van der Waals surface area contributed by atoms with E-state index in [1.807, 2.05) is 13.8 Å². The highest BCUT2D eigenvalue weighted by Gasteiger charge is 2.31. The first-order valence-electron chi connectivity index (χ1n) is 11.2. The normalized spacial score (nSPS) is 20.3. The Labute approximate surface area is 194 Å². The Morgan fingerprint density at radius 2 is 1.55 bits per heavy atom. The molecule has 1 aliphatic carbocycles. The summed E-state index contributed by atoms with van der Waals surface area (Å²) in [6, 6.07) is -2.21. The number of ether oxygens (including phenoxy) is 1. The second-order valence-corrected chi connectivity index (χ2v) is 9.83. The summed E-state index contributed by atoms with van der Waals surface area (Å²) < 4.78 is 5.22. The number of hydrogen-bond acceptors (Lipinski definition) is 6. The number of aliphatic carboxylic acids is 2. The van der Waals surface area contributed by atoms with Gasteiger partial charge in [-0.25, -0.2) is 9.59 Å². The van der Waals surface area contributed by atoms with Crippen molar-refractivity contribution in [2.24, 2.45) is 17.8 Å². The minimum atomic E-state index is -1.46. The SMILES string of the molecule is CC(C)C(NC(=O)OC(C)(C)C)C(=O)NCC1CCC(C(=O)NC(CC(=O)O)C(=O)O)CC1. The van der Waals surface area contributed by atoms with Gasteiger partial charge in [0.05, 0.1) is 6.42 Å². The molecular weight excluding hydrogens is 434 g/mol. The Hall–Kier alpha value is -2.85. The van der Waals surface area contributed by atoms with Gasteiger partial charge in [-0.1, -0.05) is 13.8 Å². The molecule has 0 heterocycles. The lowest BCUT2D eigenvalue weighted by Gasteiger charge is -2.29. The molecule has 33 heavy (non-hydrogen) atoms. The lowest BCUT2D eigenvalue weighted by atomic mass is 9.81. The molecule has 0 aromatic heterocycles. The molecule has 2 atom stereocenters. The number of hydrogen-bond donors (Lipinski definition) is 5. The Kier molecular flexibility index (Phi) is 10.6. The van der Waals surface area contributed by atoms with Gasteiger partial charge < -0.3 is 30.9 Å². The van der Waals surface area contributed by atoms with Crippen LogP contribution in [0.3, 0.4) is 0 Å². The second kappa shape index (κ2) is 12.4. The van der Waals surface area contributed by atoms with E-state index in [2.05, 4.69) is 16.0 Å². The van der Waals surface area contributed by atoms with Gasteiger partial charge in [-0.2, -0.15) is 0 Å². The highest BCUT2D eigenvalue weighted by atomic mass is 16.6. The molecule has 0 aromatic rings. The molecule has 1 saturated carbocycles. The molecule has 11 heteroatoms. The van der Waals surface area contributed by atoms with Crippen molar-refractivity contribution in [3.63, 3.8) is 0 Å². The molecule has 0 spiro atoms. The van der Waals surface area contributed by atoms with Gasteiger partial charge >= 0.3 is 18.0 Å². The zero-order valence-electron chi connectivity index (χ0n) is 20.0. The first-order valence-corrected chi connectivity index (χ1v) is 11.2. The maximum Gasteiger partial charge on any atom is 0.408 e. The number of nitrogens with one attached hydrogen (secondary N) is 3. The average Bonchev–Trinajstić information content (AvgIpc) is 2.68. The molecule has 1 rings (SSSR count). The van der Waals surface area contributed by atoms with E-state index in [9.17, 15) is 24.0 Å². The number of carboxylic acid groups (broad SMARTS) is 2. The fraction of sp³-hybridized carbons (Fsp3) is 0.773. The number of rotatable bonds is 10. The Morgan fingerprint density at radius 3 is 2.00 bits per heavy atom. The lowest BCUT2D eigenvalue weighted by molar-refractivity contribution is -0.147. The van der Waals surface area contributed by atoms with E-state index in [4.69, 9.17) is 14.9 Å². The first-order chi connectivity index (χ1) is 15.2. The van der Waals surface area contributed by atoms with E-state index in [0.29, 0.717) is 32.2 Å². The van der Waals surface area contributed by atoms with Crippen molar-refractivity contribution in [1.29, 1.82) is 0 Å². The molecule has 188 valence electrons. The predicted octanol–water partition coefficient (Wildman–Crippen LogP) is 1.50. The molecule has 1 aliphatic rings. The van der Waals surface area contributed by atoms with Crippen LogP contribution < -0.4 is 16.0 Å². The summed E-state index contributed by atoms with van der Waals surface area (Å²) in [5.41, 5.74) is -0.675. The zero-order chi connectivity index (χ0) is 25.3. The van der Waals surface area contributed by atoms with Crippen LogP contribution >= 0.6 is 0 Å². The van der Waals surface area contributed by atoms with Gasteiger partial charge in [0, 0.05) is 12.5 Å². The monoisotopic (exact) mass is 471 g/mol. The first kappa shape index (κ1) is 28.2. The van der Waals surface area contributed by atoms with Gasteiger partial charge in [0.2, 0.25) is 11.8 Å². The molecule has 0 saturated heterocycles. The topological polar surface area (TPSA) is 171 Å². The molecule has 0 bridgehead atoms. The fourth-order valence-electron chi connectivity index (χ4n) is 3.62. The number of alkyl carbamates (subject to hydrolysis) is 1. The maximum atomic E-state index is 12.6. The van der Waals surface area contributed by atoms with Crippen molar-refractivity contribution >= 4 is 29.8 Å². The van der Waals surface area contributed by atoms with Crippen molar-refractivity contribution < 1.29 is 38.9 Å². The summed E-state index contributed by atoms with van der Waals surface area (Å²) in [5.74, 6) is -3.87. The van der Waals surface area contributed by atoms with Crippen LogP contribution in [0.15, 0.2) is 0 Å². The van der Waals surface area contributed by atoms with Crippen LogP contribution in [0.25, 0.3) is 0 Å². The molecule has 5 N–H and O–H groups in total. The minimum absolute atomic E-state index is 0.140. The van der Waals surface area contributed by atoms with Crippen molar-refractivity contribution in [3.8, 4) is 0 Å². The number of carbonyl (C=O) groups is 5. The van der Waals surface area contributed by atoms with E-state index in [-0.39, 0.29) is 17.7 Å². The summed E-state index contributed by atoms with van der Waals surface area (Å²) in [6.45, 7) is 9.24. The summed E-state index contributed by atoms with van der Waals surface area (Å²) in [6.07, 6.45) is 0.981. The highest BCUT2D eigenvalue weighted by molar-refractivity contribution is 5.88. The van der Waals surface area contributed by atoms with E-state index in [0.717, 1.165) is 0 Å². The van der Waals surface area contributed by atoms with Crippen LogP contribution in [0.4, 0.5) is 4.79 Å². The van der Waals surface area contributed by atoms with Gasteiger partial charge in [-0.05, 0) is 58.3 Å². The molecule has 3 amide bonds. The van der Waals surface area contributed by atoms with Crippen molar-refractivity contribution in [2.75, 3.05) is 6.54 Å². The second-order valence-electron chi connectivity index (χ2n) is 9.83. The van der Waals surface area contributed by atoms with Crippen LogP contribution in [0.2, 0.25) is 0 Å². The van der Waals surface area contributed by atoms with Gasteiger partial charge in [0.1, 0.15) is 17.7 Å². The zero-order valence-corrected chi connectivity index (χ0v) is 20.0. The van der Waals surface area contributed by atoms with Gasteiger partial charge in [0.15, 0.2) is 0 Å². The Bertz CT molecular complexity index is 724. The third-order valence-electron chi connectivity index (χ3n) is 5.40. The van der Waals surface area contributed by atoms with E-state index in [1.54, 1.807) is 20.8 Å². The van der Waals surface area contributed by atoms with Crippen LogP contribution in [-0.4, -0.2) is 64.3 Å². The molecular formula is C22H37N3O8. The van der Waals surface area contributed by atoms with Gasteiger partial charge in [0.25, 0.3) is 0 Å². The molecule has 0 radical (unpaired) electrons. The van der Waals surface area contributed by atoms with Crippen LogP contribution in [0.5, 0.6) is 0 Å². The van der Waals surface area contributed by atoms with E-state index in [1.165, 1.54) is 0 Å². The number of carboxylic acids is 2. The Balaban J connectivity index is 2.50. The smallest absolute Gasteiger partial charge is 0.408 e. The quantitative estimate of drug-likeness (QED) is 0.319. The molecule has 2 unspecified atom stereocenters. The van der Waals surface area contributed by atoms with Gasteiger partial charge in [-0.15, -0.1) is 0 Å². The van der Waals surface area contributed by atoms with E-state index >= 15 is 0 Å². The highest BCUT2D eigenvalue weighted by Crippen LogP contribution is 2.28. The van der Waals surface area contributed by atoms with Crippen LogP contribution in [0, 0.1) is 17.8 Å². The maximum absolute atomic E-state index is 12.6. The fourth-order valence-corrected chi connectivity index (χ4v) is 3.62. The lowest BCUT2D eigenvalue weighted by Crippen LogP contribution is -2.51. The number of amides is 3. The Morgan fingerprint density at radius 1 is 0.970 bits per heavy atom. The predicted molar refractivity (Wildman–Crippen MR) is 118 cm³/mol. The standard InChI is InChI=1S/C22H37N3O8/c1-12(2)17(25-21(32)33-22(3,4)5)19(29)23-11-13-6-8-14(9-7-13)18(28)24-15(20(30)31)10-16(26)27/h12-15,17H,6-11H2,1-5H3,(H,23,29)(H,24,28)(H,25,32)(H,26,27)(H,30,31). The van der Waals surface area contributed by atoms with Crippen molar-refractivity contribution in [1.82, 2.24) is 16.0 Å². The minimum Gasteiger partial charge on any atom is -0.481 e. The number of carbonyl (C=O) groups excluding carboxylic acids is 3. The average molecular weight is 472 g/mol. The van der Waals surface area contributed by atoms with Crippen molar-refractivity contribution in [3.05, 3.63) is 0 Å². The summed E-state index contributed by atoms with van der Waals surface area (Å²) in [5, 5.41) is 25.6. The summed E-state index contributed by atoms with van der Waals surface area (Å²) in [4.78, 5) is 58.9. The third kappa shape index (κ3) is 10.5. The molecule has 1 fully saturated rings. The summed E-state index contributed by atoms with van der Waals surface area (Å²) >= 11 is 0. The van der Waals surface area contributed by atoms with Crippen LogP contribution in [-0.2, 0) is 23.9 Å². The molecule has 0 aliphatic heterocycles. The molecule has 0 aromatic carbocycles. The van der Waals surface area contributed by atoms with E-state index < -0.39 is 54.0 Å². The molecule has 11 nitrogen and oxygen atoms in total. The largest absolute Gasteiger partial charge is 0.481 e. The summed E-state index contributed by atoms with van der Waals surface area (Å²) in [7, 11) is 0. The third-order valence-corrected chi connectivity index (χ3v) is 5.40.